The van der Waals surface area contributed by atoms with Crippen LogP contribution in [0.4, 0.5) is 0 Å². The zero-order chi connectivity index (χ0) is 33.1. The molecule has 9 nitrogen and oxygen atoms in total. The SMILES string of the molecule is CC#Cc1cncc(-c2ccc3c(c2)[C@@]2(N=C(C)C(N)=N2)C2(CCC(OC)CC2)C3)c1.CC1(C)C2CCC1(CS(=O)(=O)O)C(=O)C2. The molecule has 5 aliphatic rings. The van der Waals surface area contributed by atoms with Crippen LogP contribution in [0.2, 0.25) is 0 Å². The summed E-state index contributed by atoms with van der Waals surface area (Å²) in [6.45, 7) is 7.70. The number of benzene rings is 1. The van der Waals surface area contributed by atoms with Gasteiger partial charge in [-0.25, -0.2) is 4.99 Å². The number of nitrogens with two attached hydrogens (primary N) is 1. The molecule has 10 heteroatoms. The number of pyridine rings is 1. The lowest BCUT2D eigenvalue weighted by molar-refractivity contribution is -0.128. The Morgan fingerprint density at radius 3 is 2.37 bits per heavy atom. The number of Topliss-reactive ketones (excluding diaryl/α,β-unsaturated/α-hetero) is 1. The average molecular weight is 645 g/mol. The van der Waals surface area contributed by atoms with E-state index in [9.17, 15) is 13.2 Å². The summed E-state index contributed by atoms with van der Waals surface area (Å²) in [5.41, 5.74) is 11.0. The van der Waals surface area contributed by atoms with Gasteiger partial charge in [0.2, 0.25) is 0 Å². The molecule has 2 heterocycles. The van der Waals surface area contributed by atoms with Gasteiger partial charge in [-0.3, -0.25) is 19.3 Å². The second-order valence-electron chi connectivity index (χ2n) is 14.4. The van der Waals surface area contributed by atoms with E-state index in [-0.39, 0.29) is 22.5 Å². The van der Waals surface area contributed by atoms with Crippen LogP contribution in [0.3, 0.4) is 0 Å². The van der Waals surface area contributed by atoms with Crippen molar-refractivity contribution < 1.29 is 22.5 Å². The van der Waals surface area contributed by atoms with Gasteiger partial charge in [0.1, 0.15) is 11.6 Å². The van der Waals surface area contributed by atoms with Crippen LogP contribution < -0.4 is 5.73 Å². The number of fused-ring (bicyclic) bond motifs is 5. The van der Waals surface area contributed by atoms with Gasteiger partial charge in [0.25, 0.3) is 10.1 Å². The Labute approximate surface area is 272 Å². The van der Waals surface area contributed by atoms with Crippen LogP contribution >= 0.6 is 0 Å². The molecule has 3 atom stereocenters. The maximum atomic E-state index is 11.9. The van der Waals surface area contributed by atoms with Gasteiger partial charge in [-0.05, 0) is 93.4 Å². The van der Waals surface area contributed by atoms with Crippen molar-refractivity contribution in [3.05, 3.63) is 53.3 Å². The van der Waals surface area contributed by atoms with Gasteiger partial charge in [0.05, 0.1) is 23.0 Å². The van der Waals surface area contributed by atoms with Gasteiger partial charge in [-0.15, -0.1) is 5.92 Å². The molecule has 0 radical (unpaired) electrons. The van der Waals surface area contributed by atoms with E-state index in [0.29, 0.717) is 24.8 Å². The standard InChI is InChI=1S/C26H28N4O.C10H16O4S/c1-4-5-18-12-21(16-28-15-18)19-6-7-20-14-25(10-8-22(31-3)9-11-25)26(23(20)13-19)29-17(2)24(27)30-26;1-9(2)7-3-4-10(9,8(11)5-7)6-15(12,13)14/h6-7,12-13,15-16,22H,8-11,14H2,1-3H3,(H2,27,30);7H,3-6H2,1-2H3,(H,12,13,14)/t22?,25?,26-;/m0./s1. The first-order valence-electron chi connectivity index (χ1n) is 16.1. The summed E-state index contributed by atoms with van der Waals surface area (Å²) in [6.07, 6.45) is 11.1. The number of carbonyl (C=O) groups is 1. The summed E-state index contributed by atoms with van der Waals surface area (Å²) < 4.78 is 36.6. The second kappa shape index (κ2) is 11.4. The molecule has 1 aromatic carbocycles. The fourth-order valence-electron chi connectivity index (χ4n) is 9.08. The number of aliphatic imine (C=N–C) groups is 2. The van der Waals surface area contributed by atoms with Gasteiger partial charge in [0, 0.05) is 48.0 Å². The number of hydrogen-bond acceptors (Lipinski definition) is 8. The molecule has 7 rings (SSSR count). The molecule has 1 aromatic heterocycles. The lowest BCUT2D eigenvalue weighted by atomic mass is 9.65. The summed E-state index contributed by atoms with van der Waals surface area (Å²) in [5, 5.41) is 0. The van der Waals surface area contributed by atoms with Gasteiger partial charge >= 0.3 is 0 Å². The normalized spacial score (nSPS) is 29.9. The highest BCUT2D eigenvalue weighted by molar-refractivity contribution is 7.85. The predicted octanol–water partition coefficient (Wildman–Crippen LogP) is 5.51. The number of nitrogens with zero attached hydrogens (tertiary/aromatic N) is 3. The summed E-state index contributed by atoms with van der Waals surface area (Å²) in [5.74, 6) is 6.52. The number of carbonyl (C=O) groups excluding carboxylic acids is 1. The molecule has 3 N–H and O–H groups in total. The van der Waals surface area contributed by atoms with Crippen molar-refractivity contribution in [3.63, 3.8) is 0 Å². The fourth-order valence-corrected chi connectivity index (χ4v) is 10.4. The number of methoxy groups -OCH3 is 1. The minimum atomic E-state index is -4.08. The number of ketones is 1. The van der Waals surface area contributed by atoms with Crippen molar-refractivity contribution in [2.45, 2.75) is 90.8 Å². The third kappa shape index (κ3) is 5.11. The highest BCUT2D eigenvalue weighted by Crippen LogP contribution is 2.64. The van der Waals surface area contributed by atoms with Crippen molar-refractivity contribution >= 4 is 27.4 Å². The number of ether oxygens (including phenoxy) is 1. The molecule has 0 amide bonds. The van der Waals surface area contributed by atoms with E-state index in [4.69, 9.17) is 25.0 Å². The van der Waals surface area contributed by atoms with Crippen LogP contribution in [0.5, 0.6) is 0 Å². The van der Waals surface area contributed by atoms with E-state index in [0.717, 1.165) is 60.9 Å². The molecule has 3 saturated carbocycles. The van der Waals surface area contributed by atoms with Crippen molar-refractivity contribution in [1.29, 1.82) is 0 Å². The van der Waals surface area contributed by atoms with E-state index in [1.54, 1.807) is 6.20 Å². The van der Waals surface area contributed by atoms with Crippen molar-refractivity contribution in [2.24, 2.45) is 37.9 Å². The molecule has 0 saturated heterocycles. The first-order valence-corrected chi connectivity index (χ1v) is 17.8. The lowest BCUT2D eigenvalue weighted by Gasteiger charge is -2.44. The quantitative estimate of drug-likeness (QED) is 0.330. The lowest BCUT2D eigenvalue weighted by Crippen LogP contribution is -2.43. The summed E-state index contributed by atoms with van der Waals surface area (Å²) in [7, 11) is -2.26. The molecule has 1 aliphatic heterocycles. The van der Waals surface area contributed by atoms with Crippen molar-refractivity contribution in [2.75, 3.05) is 12.9 Å². The van der Waals surface area contributed by atoms with E-state index in [2.05, 4.69) is 41.1 Å². The molecule has 244 valence electrons. The van der Waals surface area contributed by atoms with Gasteiger partial charge in [-0.1, -0.05) is 31.9 Å². The fraction of sp³-hybridized carbons (Fsp3) is 0.556. The van der Waals surface area contributed by atoms with Crippen molar-refractivity contribution in [3.8, 4) is 23.0 Å². The van der Waals surface area contributed by atoms with Crippen LogP contribution in [0.1, 0.15) is 89.3 Å². The Balaban J connectivity index is 0.000000208. The van der Waals surface area contributed by atoms with Crippen LogP contribution in [0.15, 0.2) is 46.6 Å². The second-order valence-corrected chi connectivity index (χ2v) is 15.8. The van der Waals surface area contributed by atoms with Crippen molar-refractivity contribution in [1.82, 2.24) is 4.98 Å². The largest absolute Gasteiger partial charge is 0.382 e. The minimum Gasteiger partial charge on any atom is -0.382 e. The van der Waals surface area contributed by atoms with E-state index in [1.807, 2.05) is 41.0 Å². The molecule has 2 bridgehead atoms. The Morgan fingerprint density at radius 2 is 1.80 bits per heavy atom. The van der Waals surface area contributed by atoms with Crippen LogP contribution in [-0.4, -0.2) is 54.3 Å². The van der Waals surface area contributed by atoms with Gasteiger partial charge in [-0.2, -0.15) is 8.42 Å². The van der Waals surface area contributed by atoms with Crippen LogP contribution in [0, 0.1) is 34.0 Å². The molecule has 2 unspecified atom stereocenters. The maximum Gasteiger partial charge on any atom is 0.265 e. The third-order valence-corrected chi connectivity index (χ3v) is 12.7. The predicted molar refractivity (Wildman–Crippen MR) is 179 cm³/mol. The zero-order valence-corrected chi connectivity index (χ0v) is 28.2. The number of amidine groups is 1. The van der Waals surface area contributed by atoms with Crippen LogP contribution in [-0.2, 0) is 31.7 Å². The summed E-state index contributed by atoms with van der Waals surface area (Å²) in [4.78, 5) is 26.5. The highest BCUT2D eigenvalue weighted by Gasteiger charge is 2.65. The molecule has 2 aromatic rings. The van der Waals surface area contributed by atoms with Gasteiger partial charge in [0.15, 0.2) is 5.66 Å². The summed E-state index contributed by atoms with van der Waals surface area (Å²) >= 11 is 0. The molecular weight excluding hydrogens is 600 g/mol. The van der Waals surface area contributed by atoms with E-state index < -0.39 is 26.9 Å². The number of hydrogen-bond donors (Lipinski definition) is 2. The highest BCUT2D eigenvalue weighted by atomic mass is 32.2. The minimum absolute atomic E-state index is 0.0152. The Kier molecular flexibility index (Phi) is 8.06. The van der Waals surface area contributed by atoms with Gasteiger partial charge < -0.3 is 10.5 Å². The average Bonchev–Trinajstić information content (AvgIpc) is 3.60. The van der Waals surface area contributed by atoms with Crippen LogP contribution in [0.25, 0.3) is 11.1 Å². The first kappa shape index (κ1) is 32.5. The monoisotopic (exact) mass is 644 g/mol. The smallest absolute Gasteiger partial charge is 0.265 e. The topological polar surface area (TPSA) is 144 Å². The maximum absolute atomic E-state index is 11.9. The molecule has 46 heavy (non-hydrogen) atoms. The van der Waals surface area contributed by atoms with E-state index in [1.165, 1.54) is 11.1 Å². The number of aromatic nitrogens is 1. The Bertz CT molecular complexity index is 1790. The molecular formula is C36H44N4O5S. The zero-order valence-electron chi connectivity index (χ0n) is 27.4. The first-order chi connectivity index (χ1) is 21.7. The number of rotatable bonds is 4. The molecule has 3 fully saturated rings. The summed E-state index contributed by atoms with van der Waals surface area (Å²) in [6, 6.07) is 8.78. The Morgan fingerprint density at radius 1 is 1.07 bits per heavy atom. The molecule has 4 aliphatic carbocycles. The Hall–Kier alpha value is -3.39. The van der Waals surface area contributed by atoms with E-state index >= 15 is 0 Å². The third-order valence-electron chi connectivity index (χ3n) is 11.9. The molecule has 2 spiro atoms.